The Labute approximate surface area is 166 Å². The van der Waals surface area contributed by atoms with Crippen LogP contribution in [0, 0.1) is 5.92 Å². The van der Waals surface area contributed by atoms with E-state index in [1.54, 1.807) is 6.07 Å². The Morgan fingerprint density at radius 1 is 1.41 bits per heavy atom. The second-order valence-electron chi connectivity index (χ2n) is 8.49. The Morgan fingerprint density at radius 2 is 2.22 bits per heavy atom. The lowest BCUT2D eigenvalue weighted by atomic mass is 9.61. The molecule has 3 heterocycles. The van der Waals surface area contributed by atoms with Gasteiger partial charge in [0.25, 0.3) is 0 Å². The molecule has 4 aliphatic rings. The van der Waals surface area contributed by atoms with E-state index in [1.807, 2.05) is 6.07 Å². The van der Waals surface area contributed by atoms with Gasteiger partial charge in [0.2, 0.25) is 0 Å². The van der Waals surface area contributed by atoms with Crippen molar-refractivity contribution in [3.63, 3.8) is 0 Å². The zero-order chi connectivity index (χ0) is 18.1. The highest BCUT2D eigenvalue weighted by atomic mass is 35.5. The number of benzene rings is 1. The Balaban J connectivity index is 0.00000180. The first-order chi connectivity index (χ1) is 12.6. The number of anilines is 1. The number of aromatic hydroxyl groups is 1. The van der Waals surface area contributed by atoms with Crippen LogP contribution in [0.4, 0.5) is 5.69 Å². The van der Waals surface area contributed by atoms with Crippen molar-refractivity contribution < 1.29 is 26.8 Å². The highest BCUT2D eigenvalue weighted by Crippen LogP contribution is 2.64. The van der Waals surface area contributed by atoms with Crippen LogP contribution in [-0.2, 0) is 10.2 Å². The number of hydrogen-bond acceptors (Lipinski definition) is 3. The standard InChI is InChI=1S/C22H26N2O2.ClH/c1-3-9-24-10-8-22-17-6-5-7-18(26)20(17)23-21(22)16(13-25)15(11-19(22)24)14(4-2)12-24;/h4-7,13,15,19H,3,8-12H2,1-2H3,(H-,23,25,26);1H/b14-4+;/t15-,19-,22+,24?;/m0./s1. The van der Waals surface area contributed by atoms with Gasteiger partial charge in [0, 0.05) is 30.0 Å². The molecule has 1 aromatic rings. The van der Waals surface area contributed by atoms with E-state index >= 15 is 0 Å². The molecule has 1 aliphatic carbocycles. The SMILES string of the molecule is C/C=C1\C[N+]2(CCC)CC[C@]34C(=C(C=O)[C@H]1C[C@@H]32)Nc1c(O)cccc14.[Cl-]. The summed E-state index contributed by atoms with van der Waals surface area (Å²) in [5, 5.41) is 14.0. The van der Waals surface area contributed by atoms with Gasteiger partial charge in [0.1, 0.15) is 24.6 Å². The van der Waals surface area contributed by atoms with Crippen molar-refractivity contribution in [2.45, 2.75) is 44.6 Å². The van der Waals surface area contributed by atoms with Gasteiger partial charge in [-0.15, -0.1) is 0 Å². The molecule has 2 bridgehead atoms. The number of allylic oxidation sites excluding steroid dienone is 2. The zero-order valence-electron chi connectivity index (χ0n) is 16.0. The van der Waals surface area contributed by atoms with Crippen LogP contribution in [0.5, 0.6) is 5.75 Å². The maximum Gasteiger partial charge on any atom is 0.148 e. The van der Waals surface area contributed by atoms with Crippen LogP contribution in [0.25, 0.3) is 0 Å². The summed E-state index contributed by atoms with van der Waals surface area (Å²) >= 11 is 0. The summed E-state index contributed by atoms with van der Waals surface area (Å²) in [4.78, 5) is 12.2. The summed E-state index contributed by atoms with van der Waals surface area (Å²) in [6, 6.07) is 6.35. The molecule has 0 radical (unpaired) electrons. The van der Waals surface area contributed by atoms with Gasteiger partial charge in [-0.2, -0.15) is 0 Å². The molecule has 3 aliphatic heterocycles. The average molecular weight is 387 g/mol. The molecule has 4 nitrogen and oxygen atoms in total. The van der Waals surface area contributed by atoms with Crippen molar-refractivity contribution in [1.82, 2.24) is 0 Å². The number of para-hydroxylation sites is 1. The van der Waals surface area contributed by atoms with Gasteiger partial charge >= 0.3 is 0 Å². The molecule has 2 saturated heterocycles. The van der Waals surface area contributed by atoms with Gasteiger partial charge in [-0.3, -0.25) is 4.79 Å². The van der Waals surface area contributed by atoms with Gasteiger partial charge < -0.3 is 27.3 Å². The molecule has 5 rings (SSSR count). The molecule has 2 N–H and O–H groups in total. The van der Waals surface area contributed by atoms with E-state index in [2.05, 4.69) is 31.3 Å². The molecular formula is C22H27ClN2O2. The molecule has 1 aromatic carbocycles. The van der Waals surface area contributed by atoms with E-state index in [4.69, 9.17) is 0 Å². The predicted octanol–water partition coefficient (Wildman–Crippen LogP) is 0.491. The first-order valence-electron chi connectivity index (χ1n) is 9.91. The van der Waals surface area contributed by atoms with Crippen LogP contribution in [0.15, 0.2) is 41.1 Å². The highest BCUT2D eigenvalue weighted by molar-refractivity contribution is 5.85. The third-order valence-corrected chi connectivity index (χ3v) is 7.64. The maximum atomic E-state index is 12.2. The number of piperidine rings is 1. The van der Waals surface area contributed by atoms with Crippen LogP contribution in [0.3, 0.4) is 0 Å². The van der Waals surface area contributed by atoms with Gasteiger partial charge in [-0.05, 0) is 30.5 Å². The largest absolute Gasteiger partial charge is 1.00 e. The fourth-order valence-corrected chi connectivity index (χ4v) is 6.73. The molecule has 144 valence electrons. The molecule has 27 heavy (non-hydrogen) atoms. The maximum absolute atomic E-state index is 12.2. The predicted molar refractivity (Wildman–Crippen MR) is 102 cm³/mol. The van der Waals surface area contributed by atoms with E-state index in [9.17, 15) is 9.90 Å². The van der Waals surface area contributed by atoms with Crippen LogP contribution in [0.1, 0.15) is 38.7 Å². The minimum absolute atomic E-state index is 0. The lowest BCUT2D eigenvalue weighted by Crippen LogP contribution is -3.00. The van der Waals surface area contributed by atoms with Gasteiger partial charge in [-0.25, -0.2) is 0 Å². The summed E-state index contributed by atoms with van der Waals surface area (Å²) in [5.41, 5.74) is 5.32. The summed E-state index contributed by atoms with van der Waals surface area (Å²) in [7, 11) is 0. The fraction of sp³-hybridized carbons (Fsp3) is 0.500. The molecule has 0 aromatic heterocycles. The Hall–Kier alpha value is -1.78. The van der Waals surface area contributed by atoms with Crippen molar-refractivity contribution in [3.8, 4) is 5.75 Å². The normalized spacial score (nSPS) is 36.7. The number of aldehydes is 1. The van der Waals surface area contributed by atoms with Crippen LogP contribution < -0.4 is 17.7 Å². The molecule has 5 heteroatoms. The number of phenolic OH excluding ortho intramolecular Hbond substituents is 1. The first kappa shape index (κ1) is 18.6. The number of quaternary nitrogens is 1. The summed E-state index contributed by atoms with van der Waals surface area (Å²) < 4.78 is 1.14. The lowest BCUT2D eigenvalue weighted by Gasteiger charge is -2.53. The van der Waals surface area contributed by atoms with Crippen molar-refractivity contribution in [2.24, 2.45) is 5.92 Å². The first-order valence-corrected chi connectivity index (χ1v) is 9.91. The molecule has 1 spiro atoms. The molecule has 1 unspecified atom stereocenters. The molecule has 4 atom stereocenters. The molecule has 0 amide bonds. The van der Waals surface area contributed by atoms with E-state index in [-0.39, 0.29) is 23.7 Å². The van der Waals surface area contributed by atoms with Crippen LogP contribution in [-0.4, -0.2) is 41.6 Å². The Morgan fingerprint density at radius 3 is 2.93 bits per heavy atom. The van der Waals surface area contributed by atoms with Gasteiger partial charge in [0.15, 0.2) is 0 Å². The van der Waals surface area contributed by atoms with Gasteiger partial charge in [0.05, 0.1) is 24.2 Å². The summed E-state index contributed by atoms with van der Waals surface area (Å²) in [5.74, 6) is 0.529. The number of fused-ring (bicyclic) bond motifs is 2. The van der Waals surface area contributed by atoms with Crippen molar-refractivity contribution in [2.75, 3.05) is 25.0 Å². The van der Waals surface area contributed by atoms with Crippen molar-refractivity contribution in [1.29, 1.82) is 0 Å². The lowest BCUT2D eigenvalue weighted by molar-refractivity contribution is -0.941. The second kappa shape index (κ2) is 6.11. The number of halogens is 1. The monoisotopic (exact) mass is 386 g/mol. The van der Waals surface area contributed by atoms with E-state index in [0.717, 1.165) is 53.7 Å². The molecule has 0 saturated carbocycles. The number of hydrogen-bond donors (Lipinski definition) is 2. The summed E-state index contributed by atoms with van der Waals surface area (Å²) in [6.45, 7) is 7.80. The van der Waals surface area contributed by atoms with Crippen molar-refractivity contribution >= 4 is 12.0 Å². The Kier molecular flexibility index (Phi) is 4.21. The number of carbonyl (C=O) groups is 1. The number of nitrogens with zero attached hydrogens (tertiary/aromatic N) is 1. The third-order valence-electron chi connectivity index (χ3n) is 7.64. The number of carbonyl (C=O) groups excluding carboxylic acids is 1. The fourth-order valence-electron chi connectivity index (χ4n) is 6.73. The summed E-state index contributed by atoms with van der Waals surface area (Å²) in [6.07, 6.45) is 6.60. The highest BCUT2D eigenvalue weighted by Gasteiger charge is 2.68. The quantitative estimate of drug-likeness (QED) is 0.344. The van der Waals surface area contributed by atoms with Crippen LogP contribution in [0.2, 0.25) is 0 Å². The van der Waals surface area contributed by atoms with Gasteiger partial charge in [-0.1, -0.05) is 25.1 Å². The average Bonchev–Trinajstić information content (AvgIpc) is 3.17. The van der Waals surface area contributed by atoms with E-state index < -0.39 is 0 Å². The number of rotatable bonds is 3. The molecule has 2 fully saturated rings. The zero-order valence-corrected chi connectivity index (χ0v) is 16.7. The minimum Gasteiger partial charge on any atom is -1.00 e. The second-order valence-corrected chi connectivity index (χ2v) is 8.49. The van der Waals surface area contributed by atoms with E-state index in [1.165, 1.54) is 24.1 Å². The number of phenols is 1. The third kappa shape index (κ3) is 2.06. The minimum atomic E-state index is -0.130. The van der Waals surface area contributed by atoms with Crippen molar-refractivity contribution in [3.05, 3.63) is 46.7 Å². The number of nitrogens with one attached hydrogen (secondary N) is 1. The molecular weight excluding hydrogens is 360 g/mol. The van der Waals surface area contributed by atoms with Crippen LogP contribution >= 0.6 is 0 Å². The van der Waals surface area contributed by atoms with E-state index in [0.29, 0.717) is 11.8 Å². The topological polar surface area (TPSA) is 49.3 Å². The Bertz CT molecular complexity index is 877. The smallest absolute Gasteiger partial charge is 0.148 e.